The Bertz CT molecular complexity index is 720. The standard InChI is InChI=1S/C16H17N3O/c1-20-16-9-5-3-7-13(16)14(17)11-19-15-8-4-2-6-12(15)10-18-19/h2-10,14H,11,17H2,1H3. The van der Waals surface area contributed by atoms with Crippen molar-refractivity contribution in [1.29, 1.82) is 0 Å². The number of rotatable bonds is 4. The van der Waals surface area contributed by atoms with Gasteiger partial charge in [0, 0.05) is 10.9 Å². The number of para-hydroxylation sites is 2. The quantitative estimate of drug-likeness (QED) is 0.790. The van der Waals surface area contributed by atoms with E-state index in [0.29, 0.717) is 6.54 Å². The van der Waals surface area contributed by atoms with Crippen LogP contribution in [0.3, 0.4) is 0 Å². The third kappa shape index (κ3) is 2.26. The maximum atomic E-state index is 6.31. The number of hydrogen-bond acceptors (Lipinski definition) is 3. The van der Waals surface area contributed by atoms with Crippen LogP contribution in [0.2, 0.25) is 0 Å². The molecule has 102 valence electrons. The molecule has 20 heavy (non-hydrogen) atoms. The van der Waals surface area contributed by atoms with E-state index in [4.69, 9.17) is 10.5 Å². The normalized spacial score (nSPS) is 12.5. The van der Waals surface area contributed by atoms with Gasteiger partial charge in [0.2, 0.25) is 0 Å². The van der Waals surface area contributed by atoms with Crippen LogP contribution in [-0.4, -0.2) is 16.9 Å². The van der Waals surface area contributed by atoms with E-state index in [1.807, 2.05) is 53.3 Å². The molecule has 1 atom stereocenters. The Labute approximate surface area is 117 Å². The smallest absolute Gasteiger partial charge is 0.123 e. The summed E-state index contributed by atoms with van der Waals surface area (Å²) in [6.45, 7) is 0.619. The van der Waals surface area contributed by atoms with Gasteiger partial charge in [0.25, 0.3) is 0 Å². The average molecular weight is 267 g/mol. The second-order valence-corrected chi connectivity index (χ2v) is 4.73. The number of methoxy groups -OCH3 is 1. The van der Waals surface area contributed by atoms with Crippen molar-refractivity contribution in [3.05, 3.63) is 60.3 Å². The molecule has 0 saturated carbocycles. The fraction of sp³-hybridized carbons (Fsp3) is 0.188. The molecule has 3 rings (SSSR count). The topological polar surface area (TPSA) is 53.1 Å². The molecule has 0 radical (unpaired) electrons. The van der Waals surface area contributed by atoms with Crippen LogP contribution in [0, 0.1) is 0 Å². The fourth-order valence-corrected chi connectivity index (χ4v) is 2.43. The second-order valence-electron chi connectivity index (χ2n) is 4.73. The Morgan fingerprint density at radius 2 is 1.90 bits per heavy atom. The molecule has 0 aliphatic rings. The van der Waals surface area contributed by atoms with Gasteiger partial charge in [-0.05, 0) is 12.1 Å². The van der Waals surface area contributed by atoms with Gasteiger partial charge in [0.05, 0.1) is 31.4 Å². The van der Waals surface area contributed by atoms with E-state index < -0.39 is 0 Å². The van der Waals surface area contributed by atoms with Gasteiger partial charge in [0.15, 0.2) is 0 Å². The average Bonchev–Trinajstić information content (AvgIpc) is 2.90. The zero-order chi connectivity index (χ0) is 13.9. The summed E-state index contributed by atoms with van der Waals surface area (Å²) in [6.07, 6.45) is 1.87. The third-order valence-electron chi connectivity index (χ3n) is 3.46. The van der Waals surface area contributed by atoms with Crippen LogP contribution >= 0.6 is 0 Å². The first-order chi connectivity index (χ1) is 9.79. The minimum Gasteiger partial charge on any atom is -0.496 e. The highest BCUT2D eigenvalue weighted by Gasteiger charge is 2.13. The van der Waals surface area contributed by atoms with Gasteiger partial charge in [-0.25, -0.2) is 0 Å². The number of hydrogen-bond donors (Lipinski definition) is 1. The van der Waals surface area contributed by atoms with Crippen molar-refractivity contribution >= 4 is 10.9 Å². The lowest BCUT2D eigenvalue weighted by Gasteiger charge is -2.16. The minimum absolute atomic E-state index is 0.158. The van der Waals surface area contributed by atoms with Crippen molar-refractivity contribution in [2.75, 3.05) is 7.11 Å². The molecule has 1 unspecified atom stereocenters. The number of ether oxygens (including phenoxy) is 1. The molecule has 0 saturated heterocycles. The molecule has 0 aliphatic carbocycles. The van der Waals surface area contributed by atoms with Crippen molar-refractivity contribution in [2.45, 2.75) is 12.6 Å². The van der Waals surface area contributed by atoms with Crippen LogP contribution in [-0.2, 0) is 6.54 Å². The molecule has 3 aromatic rings. The van der Waals surface area contributed by atoms with Crippen LogP contribution in [0.25, 0.3) is 10.9 Å². The van der Waals surface area contributed by atoms with Crippen LogP contribution in [0.1, 0.15) is 11.6 Å². The summed E-state index contributed by atoms with van der Waals surface area (Å²) in [4.78, 5) is 0. The third-order valence-corrected chi connectivity index (χ3v) is 3.46. The van der Waals surface area contributed by atoms with Crippen LogP contribution in [0.5, 0.6) is 5.75 Å². The first-order valence-corrected chi connectivity index (χ1v) is 6.58. The molecule has 4 nitrogen and oxygen atoms in total. The number of aromatic nitrogens is 2. The predicted molar refractivity (Wildman–Crippen MR) is 79.7 cm³/mol. The van der Waals surface area contributed by atoms with E-state index in [0.717, 1.165) is 22.2 Å². The fourth-order valence-electron chi connectivity index (χ4n) is 2.43. The van der Waals surface area contributed by atoms with E-state index in [1.54, 1.807) is 7.11 Å². The molecule has 2 N–H and O–H groups in total. The summed E-state index contributed by atoms with van der Waals surface area (Å²) < 4.78 is 7.30. The zero-order valence-corrected chi connectivity index (χ0v) is 11.4. The monoisotopic (exact) mass is 267 g/mol. The van der Waals surface area contributed by atoms with Gasteiger partial charge in [0.1, 0.15) is 5.75 Å². The highest BCUT2D eigenvalue weighted by atomic mass is 16.5. The lowest BCUT2D eigenvalue weighted by Crippen LogP contribution is -2.19. The van der Waals surface area contributed by atoms with Crippen molar-refractivity contribution in [2.24, 2.45) is 5.73 Å². The lowest BCUT2D eigenvalue weighted by molar-refractivity contribution is 0.401. The molecule has 4 heteroatoms. The number of fused-ring (bicyclic) bond motifs is 1. The highest BCUT2D eigenvalue weighted by Crippen LogP contribution is 2.25. The highest BCUT2D eigenvalue weighted by molar-refractivity contribution is 5.78. The number of benzene rings is 2. The van der Waals surface area contributed by atoms with E-state index in [-0.39, 0.29) is 6.04 Å². The molecule has 0 spiro atoms. The Hall–Kier alpha value is -2.33. The van der Waals surface area contributed by atoms with Gasteiger partial charge in [-0.2, -0.15) is 5.10 Å². The summed E-state index contributed by atoms with van der Waals surface area (Å²) in [5.74, 6) is 0.816. The summed E-state index contributed by atoms with van der Waals surface area (Å²) in [6, 6.07) is 15.8. The van der Waals surface area contributed by atoms with Crippen molar-refractivity contribution < 1.29 is 4.74 Å². The lowest BCUT2D eigenvalue weighted by atomic mass is 10.1. The van der Waals surface area contributed by atoms with Gasteiger partial charge < -0.3 is 10.5 Å². The Morgan fingerprint density at radius 1 is 1.15 bits per heavy atom. The molecule has 1 heterocycles. The summed E-state index contributed by atoms with van der Waals surface area (Å²) >= 11 is 0. The molecular weight excluding hydrogens is 250 g/mol. The van der Waals surface area contributed by atoms with Crippen molar-refractivity contribution in [3.63, 3.8) is 0 Å². The molecule has 0 fully saturated rings. The Balaban J connectivity index is 1.90. The van der Waals surface area contributed by atoms with E-state index >= 15 is 0 Å². The van der Waals surface area contributed by atoms with Crippen LogP contribution in [0.15, 0.2) is 54.7 Å². The van der Waals surface area contributed by atoms with E-state index in [2.05, 4.69) is 11.2 Å². The maximum absolute atomic E-state index is 6.31. The summed E-state index contributed by atoms with van der Waals surface area (Å²) in [7, 11) is 1.66. The molecular formula is C16H17N3O. The van der Waals surface area contributed by atoms with Crippen LogP contribution < -0.4 is 10.5 Å². The summed E-state index contributed by atoms with van der Waals surface area (Å²) in [5.41, 5.74) is 8.40. The predicted octanol–water partition coefficient (Wildman–Crippen LogP) is 2.74. The first kappa shape index (κ1) is 12.7. The second kappa shape index (κ2) is 5.35. The number of nitrogens with zero attached hydrogens (tertiary/aromatic N) is 2. The van der Waals surface area contributed by atoms with Crippen molar-refractivity contribution in [1.82, 2.24) is 9.78 Å². The molecule has 1 aromatic heterocycles. The van der Waals surface area contributed by atoms with Crippen molar-refractivity contribution in [3.8, 4) is 5.75 Å². The van der Waals surface area contributed by atoms with Gasteiger partial charge in [-0.15, -0.1) is 0 Å². The molecule has 0 amide bonds. The first-order valence-electron chi connectivity index (χ1n) is 6.58. The Morgan fingerprint density at radius 3 is 2.75 bits per heavy atom. The number of nitrogens with two attached hydrogens (primary N) is 1. The minimum atomic E-state index is -0.158. The molecule has 0 aliphatic heterocycles. The Kier molecular flexibility index (Phi) is 3.39. The SMILES string of the molecule is COc1ccccc1C(N)Cn1ncc2ccccc21. The molecule has 0 bridgehead atoms. The largest absolute Gasteiger partial charge is 0.496 e. The zero-order valence-electron chi connectivity index (χ0n) is 11.4. The molecule has 2 aromatic carbocycles. The summed E-state index contributed by atoms with van der Waals surface area (Å²) in [5, 5.41) is 5.54. The van der Waals surface area contributed by atoms with Crippen LogP contribution in [0.4, 0.5) is 0 Å². The van der Waals surface area contributed by atoms with E-state index in [1.165, 1.54) is 0 Å². The van der Waals surface area contributed by atoms with Gasteiger partial charge in [-0.1, -0.05) is 36.4 Å². The maximum Gasteiger partial charge on any atom is 0.123 e. The van der Waals surface area contributed by atoms with Gasteiger partial charge >= 0.3 is 0 Å². The van der Waals surface area contributed by atoms with E-state index in [9.17, 15) is 0 Å². The van der Waals surface area contributed by atoms with Gasteiger partial charge in [-0.3, -0.25) is 4.68 Å².